The van der Waals surface area contributed by atoms with Gasteiger partial charge in [-0.05, 0) is 54.1 Å². The van der Waals surface area contributed by atoms with Crippen LogP contribution in [-0.4, -0.2) is 9.55 Å². The zero-order chi connectivity index (χ0) is 16.7. The maximum absolute atomic E-state index is 6.57. The molecule has 0 aliphatic heterocycles. The SMILES string of the molecule is Cc1cccc2c1nc(C)n2Cc1ccc(-c2cccs2)cc1Cl. The van der Waals surface area contributed by atoms with Crippen molar-refractivity contribution in [3.05, 3.63) is 75.9 Å². The first-order valence-corrected chi connectivity index (χ1v) is 9.14. The Morgan fingerprint density at radius 2 is 1.96 bits per heavy atom. The minimum Gasteiger partial charge on any atom is -0.324 e. The molecule has 0 bridgehead atoms. The van der Waals surface area contributed by atoms with Crippen molar-refractivity contribution in [3.8, 4) is 10.4 Å². The molecule has 0 aliphatic carbocycles. The molecule has 0 radical (unpaired) electrons. The summed E-state index contributed by atoms with van der Waals surface area (Å²) in [5.74, 6) is 1.01. The molecule has 4 aromatic rings. The second-order valence-electron chi connectivity index (χ2n) is 5.97. The number of hydrogen-bond donors (Lipinski definition) is 0. The number of aromatic nitrogens is 2. The predicted octanol–water partition coefficient (Wildman–Crippen LogP) is 6.08. The second-order valence-corrected chi connectivity index (χ2v) is 7.33. The van der Waals surface area contributed by atoms with Crippen LogP contribution in [0.4, 0.5) is 0 Å². The van der Waals surface area contributed by atoms with Crippen LogP contribution in [-0.2, 0) is 6.54 Å². The Kier molecular flexibility index (Phi) is 3.91. The van der Waals surface area contributed by atoms with Gasteiger partial charge in [0.15, 0.2) is 0 Å². The first-order chi connectivity index (χ1) is 11.6. The Balaban J connectivity index is 1.74. The van der Waals surface area contributed by atoms with Gasteiger partial charge in [0.1, 0.15) is 5.82 Å². The maximum Gasteiger partial charge on any atom is 0.107 e. The highest BCUT2D eigenvalue weighted by atomic mass is 35.5. The third-order valence-corrected chi connectivity index (χ3v) is 5.63. The third-order valence-electron chi connectivity index (χ3n) is 4.36. The van der Waals surface area contributed by atoms with Gasteiger partial charge in [-0.3, -0.25) is 0 Å². The summed E-state index contributed by atoms with van der Waals surface area (Å²) < 4.78 is 2.23. The zero-order valence-corrected chi connectivity index (χ0v) is 15.2. The smallest absolute Gasteiger partial charge is 0.107 e. The second kappa shape index (κ2) is 6.08. The van der Waals surface area contributed by atoms with E-state index in [9.17, 15) is 0 Å². The molecular formula is C20H17ClN2S. The number of hydrogen-bond acceptors (Lipinski definition) is 2. The van der Waals surface area contributed by atoms with Crippen molar-refractivity contribution in [3.63, 3.8) is 0 Å². The summed E-state index contributed by atoms with van der Waals surface area (Å²) in [6.07, 6.45) is 0. The van der Waals surface area contributed by atoms with E-state index in [1.165, 1.54) is 16.0 Å². The number of rotatable bonds is 3. The quantitative estimate of drug-likeness (QED) is 0.436. The summed E-state index contributed by atoms with van der Waals surface area (Å²) in [6.45, 7) is 4.88. The van der Waals surface area contributed by atoms with Gasteiger partial charge >= 0.3 is 0 Å². The van der Waals surface area contributed by atoms with Crippen LogP contribution < -0.4 is 0 Å². The van der Waals surface area contributed by atoms with Crippen LogP contribution >= 0.6 is 22.9 Å². The zero-order valence-electron chi connectivity index (χ0n) is 13.6. The van der Waals surface area contributed by atoms with E-state index in [0.717, 1.165) is 34.0 Å². The Hall–Kier alpha value is -2.10. The number of benzene rings is 2. The Morgan fingerprint density at radius 1 is 1.08 bits per heavy atom. The number of fused-ring (bicyclic) bond motifs is 1. The lowest BCUT2D eigenvalue weighted by Crippen LogP contribution is -2.02. The van der Waals surface area contributed by atoms with Gasteiger partial charge in [0.05, 0.1) is 17.6 Å². The molecule has 0 aliphatic rings. The highest BCUT2D eigenvalue weighted by molar-refractivity contribution is 7.13. The van der Waals surface area contributed by atoms with Gasteiger partial charge in [0, 0.05) is 9.90 Å². The minimum absolute atomic E-state index is 0.731. The molecule has 4 rings (SSSR count). The predicted molar refractivity (Wildman–Crippen MR) is 103 cm³/mol. The van der Waals surface area contributed by atoms with Crippen LogP contribution in [0.2, 0.25) is 5.02 Å². The topological polar surface area (TPSA) is 17.8 Å². The largest absolute Gasteiger partial charge is 0.324 e. The number of nitrogens with zero attached hydrogens (tertiary/aromatic N) is 2. The molecule has 2 aromatic carbocycles. The van der Waals surface area contributed by atoms with E-state index < -0.39 is 0 Å². The standard InChI is InChI=1S/C20H17ClN2S/c1-13-5-3-6-18-20(13)22-14(2)23(18)12-16-9-8-15(11-17(16)21)19-7-4-10-24-19/h3-11H,12H2,1-2H3. The summed E-state index contributed by atoms with van der Waals surface area (Å²) in [4.78, 5) is 5.96. The number of para-hydroxylation sites is 1. The lowest BCUT2D eigenvalue weighted by molar-refractivity contribution is 0.786. The van der Waals surface area contributed by atoms with E-state index >= 15 is 0 Å². The van der Waals surface area contributed by atoms with Crippen LogP contribution in [0.25, 0.3) is 21.5 Å². The van der Waals surface area contributed by atoms with E-state index in [2.05, 4.69) is 65.4 Å². The van der Waals surface area contributed by atoms with Gasteiger partial charge in [0.25, 0.3) is 0 Å². The minimum atomic E-state index is 0.731. The van der Waals surface area contributed by atoms with Gasteiger partial charge in [0.2, 0.25) is 0 Å². The Bertz CT molecular complexity index is 1020. The van der Waals surface area contributed by atoms with Crippen LogP contribution in [0.1, 0.15) is 17.0 Å². The molecule has 0 atom stereocenters. The summed E-state index contributed by atoms with van der Waals surface area (Å²) >= 11 is 8.30. The molecule has 4 heteroatoms. The van der Waals surface area contributed by atoms with Crippen molar-refractivity contribution in [2.75, 3.05) is 0 Å². The lowest BCUT2D eigenvalue weighted by Gasteiger charge is -2.10. The molecule has 0 spiro atoms. The van der Waals surface area contributed by atoms with Crippen molar-refractivity contribution in [1.82, 2.24) is 9.55 Å². The molecule has 0 saturated heterocycles. The first kappa shape index (κ1) is 15.4. The average Bonchev–Trinajstić information content (AvgIpc) is 3.19. The molecular weight excluding hydrogens is 336 g/mol. The Labute approximate surface area is 150 Å². The fourth-order valence-electron chi connectivity index (χ4n) is 3.04. The summed E-state index contributed by atoms with van der Waals surface area (Å²) in [7, 11) is 0. The van der Waals surface area contributed by atoms with E-state index in [1.807, 2.05) is 6.92 Å². The lowest BCUT2D eigenvalue weighted by atomic mass is 10.1. The molecule has 0 unspecified atom stereocenters. The molecule has 2 heterocycles. The monoisotopic (exact) mass is 352 g/mol. The van der Waals surface area contributed by atoms with Crippen LogP contribution in [0.3, 0.4) is 0 Å². The molecule has 2 nitrogen and oxygen atoms in total. The highest BCUT2D eigenvalue weighted by Gasteiger charge is 2.11. The molecule has 0 amide bonds. The number of halogens is 1. The Morgan fingerprint density at radius 3 is 2.71 bits per heavy atom. The number of aryl methyl sites for hydroxylation is 2. The molecule has 0 N–H and O–H groups in total. The molecule has 0 fully saturated rings. The number of imidazole rings is 1. The van der Waals surface area contributed by atoms with Crippen molar-refractivity contribution in [1.29, 1.82) is 0 Å². The summed E-state index contributed by atoms with van der Waals surface area (Å²) in [5.41, 5.74) is 5.71. The fourth-order valence-corrected chi connectivity index (χ4v) is 4.01. The number of thiophene rings is 1. The van der Waals surface area contributed by atoms with E-state index in [-0.39, 0.29) is 0 Å². The molecule has 120 valence electrons. The van der Waals surface area contributed by atoms with Gasteiger partial charge in [-0.15, -0.1) is 11.3 Å². The van der Waals surface area contributed by atoms with Crippen LogP contribution in [0.15, 0.2) is 53.9 Å². The average molecular weight is 353 g/mol. The highest BCUT2D eigenvalue weighted by Crippen LogP contribution is 2.30. The maximum atomic E-state index is 6.57. The van der Waals surface area contributed by atoms with Crippen molar-refractivity contribution in [2.24, 2.45) is 0 Å². The third kappa shape index (κ3) is 2.64. The van der Waals surface area contributed by atoms with E-state index in [0.29, 0.717) is 0 Å². The molecule has 24 heavy (non-hydrogen) atoms. The summed E-state index contributed by atoms with van der Waals surface area (Å²) in [6, 6.07) is 16.8. The van der Waals surface area contributed by atoms with Crippen molar-refractivity contribution < 1.29 is 0 Å². The van der Waals surface area contributed by atoms with Gasteiger partial charge < -0.3 is 4.57 Å². The van der Waals surface area contributed by atoms with Gasteiger partial charge in [-0.25, -0.2) is 4.98 Å². The van der Waals surface area contributed by atoms with E-state index in [4.69, 9.17) is 16.6 Å². The van der Waals surface area contributed by atoms with Gasteiger partial charge in [-0.1, -0.05) is 41.9 Å². The van der Waals surface area contributed by atoms with Crippen LogP contribution in [0.5, 0.6) is 0 Å². The molecule has 2 aromatic heterocycles. The van der Waals surface area contributed by atoms with Crippen LogP contribution in [0, 0.1) is 13.8 Å². The fraction of sp³-hybridized carbons (Fsp3) is 0.150. The normalized spacial score (nSPS) is 11.3. The molecule has 0 saturated carbocycles. The van der Waals surface area contributed by atoms with Crippen molar-refractivity contribution >= 4 is 34.0 Å². The summed E-state index contributed by atoms with van der Waals surface area (Å²) in [5, 5.41) is 2.88. The van der Waals surface area contributed by atoms with E-state index in [1.54, 1.807) is 11.3 Å². The van der Waals surface area contributed by atoms with Crippen molar-refractivity contribution in [2.45, 2.75) is 20.4 Å². The van der Waals surface area contributed by atoms with Gasteiger partial charge in [-0.2, -0.15) is 0 Å². The first-order valence-electron chi connectivity index (χ1n) is 7.88.